The van der Waals surface area contributed by atoms with Crippen LogP contribution in [0.2, 0.25) is 0 Å². The molecule has 0 saturated carbocycles. The molecule has 0 radical (unpaired) electrons. The molecule has 0 fully saturated rings. The quantitative estimate of drug-likeness (QED) is 0.710. The van der Waals surface area contributed by atoms with Crippen molar-refractivity contribution in [1.29, 1.82) is 0 Å². The zero-order valence-electron chi connectivity index (χ0n) is 16.3. The number of rotatable bonds is 5. The third-order valence-electron chi connectivity index (χ3n) is 3.38. The molecule has 1 unspecified atom stereocenters. The van der Waals surface area contributed by atoms with Crippen LogP contribution in [0.5, 0.6) is 0 Å². The number of ether oxygens (including phenoxy) is 1. The first-order valence-electron chi connectivity index (χ1n) is 8.61. The molecule has 11 heteroatoms. The van der Waals surface area contributed by atoms with Gasteiger partial charge in [-0.25, -0.2) is 14.0 Å². The van der Waals surface area contributed by atoms with Gasteiger partial charge in [-0.1, -0.05) is 0 Å². The number of urea groups is 1. The number of nitrogens with one attached hydrogen (secondary N) is 2. The summed E-state index contributed by atoms with van der Waals surface area (Å²) in [6.07, 6.45) is -1.28. The molecule has 0 saturated heterocycles. The summed E-state index contributed by atoms with van der Waals surface area (Å²) in [5.74, 6) is -3.28. The molecule has 2 N–H and O–H groups in total. The van der Waals surface area contributed by atoms with E-state index in [9.17, 15) is 23.6 Å². The highest BCUT2D eigenvalue weighted by Crippen LogP contribution is 2.15. The lowest BCUT2D eigenvalue weighted by Crippen LogP contribution is -2.50. The molecule has 156 valence electrons. The van der Waals surface area contributed by atoms with E-state index in [-0.39, 0.29) is 5.89 Å². The Kier molecular flexibility index (Phi) is 6.52. The Morgan fingerprint density at radius 1 is 1.24 bits per heavy atom. The third kappa shape index (κ3) is 6.55. The number of carbonyl (C=O) groups is 3. The van der Waals surface area contributed by atoms with Gasteiger partial charge in [-0.2, -0.15) is 4.68 Å². The van der Waals surface area contributed by atoms with E-state index in [0.29, 0.717) is 10.2 Å². The monoisotopic (exact) mass is 408 g/mol. The topological polar surface area (TPSA) is 133 Å². The molecule has 0 aliphatic carbocycles. The fourth-order valence-electron chi connectivity index (χ4n) is 2.11. The van der Waals surface area contributed by atoms with Crippen molar-refractivity contribution >= 4 is 17.9 Å². The Bertz CT molecular complexity index is 958. The smallest absolute Gasteiger partial charge is 0.437 e. The van der Waals surface area contributed by atoms with Gasteiger partial charge in [-0.05, 0) is 52.0 Å². The van der Waals surface area contributed by atoms with E-state index < -0.39 is 47.7 Å². The Morgan fingerprint density at radius 2 is 1.86 bits per heavy atom. The molecule has 29 heavy (non-hydrogen) atoms. The van der Waals surface area contributed by atoms with E-state index in [1.165, 1.54) is 31.2 Å². The summed E-state index contributed by atoms with van der Waals surface area (Å²) in [7, 11) is 0. The number of hydrogen-bond donors (Lipinski definition) is 2. The van der Waals surface area contributed by atoms with E-state index >= 15 is 0 Å². The van der Waals surface area contributed by atoms with Crippen LogP contribution in [0.3, 0.4) is 0 Å². The predicted molar refractivity (Wildman–Crippen MR) is 98.1 cm³/mol. The summed E-state index contributed by atoms with van der Waals surface area (Å²) in [6, 6.07) is 4.32. The van der Waals surface area contributed by atoms with Gasteiger partial charge in [-0.15, -0.1) is 5.10 Å². The number of aromatic nitrogens is 2. The Morgan fingerprint density at radius 3 is 2.45 bits per heavy atom. The lowest BCUT2D eigenvalue weighted by Gasteiger charge is -2.21. The Balaban J connectivity index is 1.95. The van der Waals surface area contributed by atoms with Gasteiger partial charge in [-0.3, -0.25) is 14.9 Å². The van der Waals surface area contributed by atoms with Crippen molar-refractivity contribution in [2.24, 2.45) is 0 Å². The number of amides is 3. The third-order valence-corrected chi connectivity index (χ3v) is 3.38. The van der Waals surface area contributed by atoms with Crippen LogP contribution in [0.25, 0.3) is 11.5 Å². The number of nitrogens with zero attached hydrogens (tertiary/aromatic N) is 2. The van der Waals surface area contributed by atoms with E-state index in [1.807, 2.05) is 5.32 Å². The molecule has 1 heterocycles. The fourth-order valence-corrected chi connectivity index (χ4v) is 2.11. The zero-order valence-corrected chi connectivity index (χ0v) is 16.3. The second-order valence-electron chi connectivity index (χ2n) is 7.16. The van der Waals surface area contributed by atoms with Crippen LogP contribution in [0.15, 0.2) is 33.5 Å². The molecule has 1 aromatic heterocycles. The van der Waals surface area contributed by atoms with Crippen molar-refractivity contribution in [3.8, 4) is 11.5 Å². The van der Waals surface area contributed by atoms with Crippen molar-refractivity contribution in [1.82, 2.24) is 20.4 Å². The first kappa shape index (κ1) is 21.8. The number of imide groups is 1. The van der Waals surface area contributed by atoms with Gasteiger partial charge in [0.05, 0.1) is 0 Å². The number of benzene rings is 1. The molecule has 0 aliphatic heterocycles. The van der Waals surface area contributed by atoms with Crippen molar-refractivity contribution in [3.05, 3.63) is 40.6 Å². The standard InChI is InChI=1S/C18H21FN4O6/c1-10(14(25)20-16(26)21-18(2,3)4)28-13(24)9-23-17(27)29-15(22-23)11-5-7-12(19)8-6-11/h5-8,10H,9H2,1-4H3,(H2,20,21,25,26). The second kappa shape index (κ2) is 8.67. The summed E-state index contributed by atoms with van der Waals surface area (Å²) >= 11 is 0. The van der Waals surface area contributed by atoms with Crippen molar-refractivity contribution in [2.75, 3.05) is 0 Å². The van der Waals surface area contributed by atoms with Gasteiger partial charge >= 0.3 is 17.8 Å². The van der Waals surface area contributed by atoms with Crippen molar-refractivity contribution in [3.63, 3.8) is 0 Å². The fraction of sp³-hybridized carbons (Fsp3) is 0.389. The van der Waals surface area contributed by atoms with Crippen molar-refractivity contribution < 1.29 is 27.9 Å². The molecule has 1 aromatic carbocycles. The summed E-state index contributed by atoms with van der Waals surface area (Å²) in [4.78, 5) is 47.4. The zero-order chi connectivity index (χ0) is 21.8. The van der Waals surface area contributed by atoms with E-state index in [2.05, 4.69) is 10.4 Å². The van der Waals surface area contributed by atoms with E-state index in [4.69, 9.17) is 9.15 Å². The number of halogens is 1. The van der Waals surface area contributed by atoms with Crippen LogP contribution in [-0.4, -0.2) is 39.3 Å². The highest BCUT2D eigenvalue weighted by atomic mass is 19.1. The van der Waals surface area contributed by atoms with Crippen LogP contribution >= 0.6 is 0 Å². The highest BCUT2D eigenvalue weighted by molar-refractivity contribution is 5.97. The Hall–Kier alpha value is -3.50. The maximum absolute atomic E-state index is 13.0. The molecular weight excluding hydrogens is 387 g/mol. The summed E-state index contributed by atoms with van der Waals surface area (Å²) in [6.45, 7) is 5.85. The number of esters is 1. The molecule has 3 amide bonds. The van der Waals surface area contributed by atoms with Crippen molar-refractivity contribution in [2.45, 2.75) is 45.9 Å². The SMILES string of the molecule is CC(OC(=O)Cn1nc(-c2ccc(F)cc2)oc1=O)C(=O)NC(=O)NC(C)(C)C. The maximum Gasteiger partial charge on any atom is 0.437 e. The highest BCUT2D eigenvalue weighted by Gasteiger charge is 2.23. The van der Waals surface area contributed by atoms with Crippen LogP contribution in [0, 0.1) is 5.82 Å². The summed E-state index contributed by atoms with van der Waals surface area (Å²) in [5, 5.41) is 8.41. The molecule has 0 bridgehead atoms. The lowest BCUT2D eigenvalue weighted by molar-refractivity contribution is -0.155. The van der Waals surface area contributed by atoms with Gasteiger partial charge < -0.3 is 14.5 Å². The lowest BCUT2D eigenvalue weighted by atomic mass is 10.1. The van der Waals surface area contributed by atoms with Crippen LogP contribution in [0.1, 0.15) is 27.7 Å². The first-order valence-corrected chi connectivity index (χ1v) is 8.61. The van der Waals surface area contributed by atoms with Crippen LogP contribution < -0.4 is 16.4 Å². The molecule has 0 spiro atoms. The van der Waals surface area contributed by atoms with Gasteiger partial charge in [0.2, 0.25) is 5.89 Å². The number of hydrogen-bond acceptors (Lipinski definition) is 7. The average molecular weight is 408 g/mol. The maximum atomic E-state index is 13.0. The van der Waals surface area contributed by atoms with Gasteiger partial charge in [0.15, 0.2) is 6.10 Å². The average Bonchev–Trinajstić information content (AvgIpc) is 2.94. The van der Waals surface area contributed by atoms with Crippen LogP contribution in [-0.2, 0) is 20.9 Å². The molecular formula is C18H21FN4O6. The number of carbonyl (C=O) groups excluding carboxylic acids is 3. The summed E-state index contributed by atoms with van der Waals surface area (Å²) < 4.78 is 23.5. The van der Waals surface area contributed by atoms with E-state index in [1.54, 1.807) is 20.8 Å². The molecule has 0 aliphatic rings. The molecule has 1 atom stereocenters. The molecule has 2 aromatic rings. The largest absolute Gasteiger partial charge is 0.451 e. The van der Waals surface area contributed by atoms with Gasteiger partial charge in [0.1, 0.15) is 12.4 Å². The van der Waals surface area contributed by atoms with Gasteiger partial charge in [0.25, 0.3) is 5.91 Å². The predicted octanol–water partition coefficient (Wildman–Crippen LogP) is 1.20. The normalized spacial score (nSPS) is 12.2. The molecule has 10 nitrogen and oxygen atoms in total. The minimum atomic E-state index is -1.28. The molecule has 2 rings (SSSR count). The first-order chi connectivity index (χ1) is 13.4. The van der Waals surface area contributed by atoms with E-state index in [0.717, 1.165) is 0 Å². The van der Waals surface area contributed by atoms with Gasteiger partial charge in [0, 0.05) is 11.1 Å². The second-order valence-corrected chi connectivity index (χ2v) is 7.16. The Labute approximate surface area is 165 Å². The summed E-state index contributed by atoms with van der Waals surface area (Å²) in [5.41, 5.74) is -0.214. The minimum Gasteiger partial charge on any atom is -0.451 e. The van der Waals surface area contributed by atoms with Crippen LogP contribution in [0.4, 0.5) is 9.18 Å². The minimum absolute atomic E-state index is 0.104.